The minimum absolute atomic E-state index is 0.352. The average molecular weight is 119 g/mol. The Morgan fingerprint density at radius 2 is 2.43 bits per heavy atom. The van der Waals surface area contributed by atoms with Crippen LogP contribution < -0.4 is 0 Å². The van der Waals surface area contributed by atoms with Crippen molar-refractivity contribution in [1.29, 1.82) is 0 Å². The molecule has 0 heterocycles. The van der Waals surface area contributed by atoms with Crippen molar-refractivity contribution in [1.82, 2.24) is 0 Å². The van der Waals surface area contributed by atoms with E-state index in [1.807, 2.05) is 0 Å². The number of halogens is 1. The standard InChI is InChI=1S/C5H7ClO/c1-3-7-4-5(2)6/h3H,1-2,4H2. The molecule has 0 aliphatic rings. The zero-order chi connectivity index (χ0) is 5.70. The van der Waals surface area contributed by atoms with Crippen molar-refractivity contribution >= 4 is 11.6 Å². The Bertz CT molecular complexity index is 78.1. The number of rotatable bonds is 3. The molecule has 0 radical (unpaired) electrons. The fourth-order valence-corrected chi connectivity index (χ4v) is 0.212. The molecule has 0 saturated carbocycles. The van der Waals surface area contributed by atoms with Crippen LogP contribution in [0.25, 0.3) is 0 Å². The highest BCUT2D eigenvalue weighted by molar-refractivity contribution is 6.29. The van der Waals surface area contributed by atoms with E-state index in [1.165, 1.54) is 6.26 Å². The molecule has 0 unspecified atom stereocenters. The van der Waals surface area contributed by atoms with Gasteiger partial charge in [0.25, 0.3) is 0 Å². The maximum Gasteiger partial charge on any atom is 0.122 e. The lowest BCUT2D eigenvalue weighted by Gasteiger charge is -1.92. The van der Waals surface area contributed by atoms with Gasteiger partial charge in [0.1, 0.15) is 6.61 Å². The van der Waals surface area contributed by atoms with Crippen molar-refractivity contribution in [2.24, 2.45) is 0 Å². The summed E-state index contributed by atoms with van der Waals surface area (Å²) in [7, 11) is 0. The minimum Gasteiger partial charge on any atom is -0.496 e. The molecule has 0 spiro atoms. The summed E-state index contributed by atoms with van der Waals surface area (Å²) in [6, 6.07) is 0. The Labute approximate surface area is 48.2 Å². The van der Waals surface area contributed by atoms with Crippen molar-refractivity contribution < 1.29 is 4.74 Å². The normalized spacial score (nSPS) is 7.57. The summed E-state index contributed by atoms with van der Waals surface area (Å²) in [6.07, 6.45) is 1.33. The molecule has 0 aliphatic heterocycles. The third-order valence-corrected chi connectivity index (χ3v) is 0.467. The van der Waals surface area contributed by atoms with Crippen molar-refractivity contribution in [2.75, 3.05) is 6.61 Å². The first-order chi connectivity index (χ1) is 3.27. The molecule has 0 aliphatic carbocycles. The maximum absolute atomic E-state index is 5.29. The Balaban J connectivity index is 2.97. The van der Waals surface area contributed by atoms with Gasteiger partial charge in [-0.05, 0) is 0 Å². The fourth-order valence-electron chi connectivity index (χ4n) is 0.149. The van der Waals surface area contributed by atoms with Gasteiger partial charge in [-0.2, -0.15) is 0 Å². The zero-order valence-corrected chi connectivity index (χ0v) is 4.74. The molecule has 0 aromatic heterocycles. The van der Waals surface area contributed by atoms with Gasteiger partial charge in [-0.25, -0.2) is 0 Å². The van der Waals surface area contributed by atoms with Crippen LogP contribution in [0.4, 0.5) is 0 Å². The average Bonchev–Trinajstić information content (AvgIpc) is 1.61. The van der Waals surface area contributed by atoms with Crippen LogP contribution in [0.5, 0.6) is 0 Å². The lowest BCUT2D eigenvalue weighted by atomic mass is 10.7. The van der Waals surface area contributed by atoms with Gasteiger partial charge in [-0.1, -0.05) is 24.8 Å². The van der Waals surface area contributed by atoms with Crippen LogP contribution in [0.1, 0.15) is 0 Å². The Kier molecular flexibility index (Phi) is 3.52. The van der Waals surface area contributed by atoms with Crippen molar-refractivity contribution in [3.05, 3.63) is 24.5 Å². The summed E-state index contributed by atoms with van der Waals surface area (Å²) in [5.41, 5.74) is 0. The molecule has 40 valence electrons. The molecule has 0 N–H and O–H groups in total. The van der Waals surface area contributed by atoms with Crippen LogP contribution in [0, 0.1) is 0 Å². The topological polar surface area (TPSA) is 9.23 Å². The molecule has 0 aromatic rings. The molecule has 1 nitrogen and oxygen atoms in total. The second-order valence-corrected chi connectivity index (χ2v) is 1.53. The highest BCUT2D eigenvalue weighted by Gasteiger charge is 1.80. The Morgan fingerprint density at radius 1 is 1.86 bits per heavy atom. The maximum atomic E-state index is 5.29. The van der Waals surface area contributed by atoms with Crippen LogP contribution in [-0.4, -0.2) is 6.61 Å². The largest absolute Gasteiger partial charge is 0.496 e. The van der Waals surface area contributed by atoms with Crippen LogP contribution in [0.15, 0.2) is 24.5 Å². The smallest absolute Gasteiger partial charge is 0.122 e. The predicted molar refractivity (Wildman–Crippen MR) is 31.1 cm³/mol. The third-order valence-electron chi connectivity index (χ3n) is 0.358. The molecule has 7 heavy (non-hydrogen) atoms. The summed E-state index contributed by atoms with van der Waals surface area (Å²) in [4.78, 5) is 0. The van der Waals surface area contributed by atoms with E-state index in [0.717, 1.165) is 0 Å². The number of hydrogen-bond donors (Lipinski definition) is 0. The summed E-state index contributed by atoms with van der Waals surface area (Å²) in [6.45, 7) is 7.05. The second-order valence-electron chi connectivity index (χ2n) is 0.995. The van der Waals surface area contributed by atoms with E-state index in [-0.39, 0.29) is 0 Å². The summed E-state index contributed by atoms with van der Waals surface area (Å²) in [5, 5.41) is 0.486. The van der Waals surface area contributed by atoms with E-state index >= 15 is 0 Å². The van der Waals surface area contributed by atoms with E-state index in [2.05, 4.69) is 17.9 Å². The zero-order valence-electron chi connectivity index (χ0n) is 3.98. The van der Waals surface area contributed by atoms with E-state index in [4.69, 9.17) is 11.6 Å². The van der Waals surface area contributed by atoms with Gasteiger partial charge in [0.05, 0.1) is 6.26 Å². The highest BCUT2D eigenvalue weighted by atomic mass is 35.5. The van der Waals surface area contributed by atoms with Crippen molar-refractivity contribution in [2.45, 2.75) is 0 Å². The number of ether oxygens (including phenoxy) is 1. The van der Waals surface area contributed by atoms with E-state index < -0.39 is 0 Å². The van der Waals surface area contributed by atoms with E-state index in [9.17, 15) is 0 Å². The van der Waals surface area contributed by atoms with Gasteiger partial charge in [0, 0.05) is 5.03 Å². The SMILES string of the molecule is C=COCC(=C)Cl. The molecule has 0 bridgehead atoms. The van der Waals surface area contributed by atoms with Crippen LogP contribution in [0.2, 0.25) is 0 Å². The molecule has 0 atom stereocenters. The second kappa shape index (κ2) is 3.75. The fraction of sp³-hybridized carbons (Fsp3) is 0.200. The Hall–Kier alpha value is -0.430. The quantitative estimate of drug-likeness (QED) is 0.515. The summed E-state index contributed by atoms with van der Waals surface area (Å²) >= 11 is 5.29. The van der Waals surface area contributed by atoms with Gasteiger partial charge in [0.15, 0.2) is 0 Å². The highest BCUT2D eigenvalue weighted by Crippen LogP contribution is 1.95. The van der Waals surface area contributed by atoms with Gasteiger partial charge in [0.2, 0.25) is 0 Å². The first-order valence-electron chi connectivity index (χ1n) is 1.83. The Morgan fingerprint density at radius 3 is 2.57 bits per heavy atom. The van der Waals surface area contributed by atoms with Crippen LogP contribution in [0.3, 0.4) is 0 Å². The molecule has 0 amide bonds. The molecular weight excluding hydrogens is 112 g/mol. The minimum atomic E-state index is 0.352. The summed E-state index contributed by atoms with van der Waals surface area (Å²) < 4.78 is 4.63. The van der Waals surface area contributed by atoms with Crippen molar-refractivity contribution in [3.63, 3.8) is 0 Å². The first kappa shape index (κ1) is 6.57. The molecule has 0 rings (SSSR count). The predicted octanol–water partition coefficient (Wildman–Crippen LogP) is 1.90. The molecule has 2 heteroatoms. The van der Waals surface area contributed by atoms with Crippen molar-refractivity contribution in [3.8, 4) is 0 Å². The molecule has 0 aromatic carbocycles. The monoisotopic (exact) mass is 118 g/mol. The molecular formula is C5H7ClO. The van der Waals surface area contributed by atoms with E-state index in [0.29, 0.717) is 11.6 Å². The summed E-state index contributed by atoms with van der Waals surface area (Å²) in [5.74, 6) is 0. The third kappa shape index (κ3) is 5.57. The van der Waals surface area contributed by atoms with Gasteiger partial charge in [-0.3, -0.25) is 0 Å². The first-order valence-corrected chi connectivity index (χ1v) is 2.21. The van der Waals surface area contributed by atoms with Gasteiger partial charge in [-0.15, -0.1) is 0 Å². The lowest BCUT2D eigenvalue weighted by Crippen LogP contribution is -1.82. The van der Waals surface area contributed by atoms with Crippen LogP contribution in [-0.2, 0) is 4.74 Å². The lowest BCUT2D eigenvalue weighted by molar-refractivity contribution is 0.288. The van der Waals surface area contributed by atoms with Gasteiger partial charge < -0.3 is 4.74 Å². The number of hydrogen-bond acceptors (Lipinski definition) is 1. The van der Waals surface area contributed by atoms with Crippen LogP contribution >= 0.6 is 11.6 Å². The van der Waals surface area contributed by atoms with Gasteiger partial charge >= 0.3 is 0 Å². The van der Waals surface area contributed by atoms with E-state index in [1.54, 1.807) is 0 Å². The molecule has 0 saturated heterocycles. The molecule has 0 fully saturated rings.